The predicted octanol–water partition coefficient (Wildman–Crippen LogP) is 2.05. The molecule has 0 unspecified atom stereocenters. The first kappa shape index (κ1) is 19.8. The summed E-state index contributed by atoms with van der Waals surface area (Å²) in [6.07, 6.45) is 9.97. The summed E-state index contributed by atoms with van der Waals surface area (Å²) in [6.45, 7) is 0. The molecule has 8 heteroatoms. The summed E-state index contributed by atoms with van der Waals surface area (Å²) >= 11 is 0. The summed E-state index contributed by atoms with van der Waals surface area (Å²) in [6, 6.07) is 0.365. The zero-order chi connectivity index (χ0) is 19.2. The molecule has 0 spiro atoms. The molecule has 0 radical (unpaired) electrons. The monoisotopic (exact) mass is 377 g/mol. The average Bonchev–Trinajstić information content (AvgIpc) is 2.86. The molecule has 2 saturated carbocycles. The van der Waals surface area contributed by atoms with Gasteiger partial charge in [-0.3, -0.25) is 4.79 Å². The topological polar surface area (TPSA) is 122 Å². The molecule has 0 aliphatic heterocycles. The highest BCUT2D eigenvalue weighted by molar-refractivity contribution is 5.97. The molecule has 1 amide bonds. The molecule has 27 heavy (non-hydrogen) atoms. The minimum Gasteiger partial charge on any atom is -0.393 e. The van der Waals surface area contributed by atoms with Crippen LogP contribution in [0.5, 0.6) is 0 Å². The number of carbonyl (C=O) groups excluding carboxylic acids is 1. The van der Waals surface area contributed by atoms with E-state index >= 15 is 0 Å². The summed E-state index contributed by atoms with van der Waals surface area (Å²) < 4.78 is 5.41. The van der Waals surface area contributed by atoms with Crippen molar-refractivity contribution in [3.05, 3.63) is 11.8 Å². The van der Waals surface area contributed by atoms with Crippen LogP contribution < -0.4 is 16.4 Å². The van der Waals surface area contributed by atoms with Gasteiger partial charge in [0.25, 0.3) is 5.91 Å². The van der Waals surface area contributed by atoms with Crippen LogP contribution in [0, 0.1) is 0 Å². The predicted molar refractivity (Wildman–Crippen MR) is 104 cm³/mol. The third-order valence-corrected chi connectivity index (χ3v) is 5.63. The largest absolute Gasteiger partial charge is 0.393 e. The van der Waals surface area contributed by atoms with Crippen molar-refractivity contribution >= 4 is 17.7 Å². The maximum Gasteiger partial charge on any atom is 0.254 e. The lowest BCUT2D eigenvalue weighted by Gasteiger charge is -2.28. The number of aromatic nitrogens is 2. The van der Waals surface area contributed by atoms with Crippen LogP contribution in [0.15, 0.2) is 6.20 Å². The molecule has 1 aromatic rings. The van der Waals surface area contributed by atoms with Gasteiger partial charge in [0, 0.05) is 25.4 Å². The Morgan fingerprint density at radius 2 is 1.89 bits per heavy atom. The first-order valence-electron chi connectivity index (χ1n) is 9.96. The second-order valence-electron chi connectivity index (χ2n) is 7.69. The Morgan fingerprint density at radius 3 is 2.59 bits per heavy atom. The smallest absolute Gasteiger partial charge is 0.254 e. The Balaban J connectivity index is 1.69. The molecule has 1 aromatic heterocycles. The van der Waals surface area contributed by atoms with Gasteiger partial charge in [0.1, 0.15) is 5.82 Å². The number of nitrogens with zero attached hydrogens (tertiary/aromatic N) is 2. The van der Waals surface area contributed by atoms with E-state index in [2.05, 4.69) is 20.6 Å². The molecular weight excluding hydrogens is 346 g/mol. The number of aliphatic hydroxyl groups excluding tert-OH is 1. The van der Waals surface area contributed by atoms with E-state index in [-0.39, 0.29) is 17.7 Å². The molecular formula is C19H31N5O3. The molecule has 5 N–H and O–H groups in total. The van der Waals surface area contributed by atoms with Crippen molar-refractivity contribution in [2.24, 2.45) is 5.73 Å². The molecule has 2 aliphatic rings. The van der Waals surface area contributed by atoms with Gasteiger partial charge >= 0.3 is 0 Å². The molecule has 3 rings (SSSR count). The Bertz CT molecular complexity index is 634. The molecule has 0 aromatic carbocycles. The Labute approximate surface area is 160 Å². The number of anilines is 2. The normalized spacial score (nSPS) is 29.0. The standard InChI is InChI=1S/C19H31N5O3/c1-27-15-8-6-12(7-9-15)23-19-21-11-16(17(20)26)18(24-19)22-13-4-2-3-5-14(25)10-13/h11-15,25H,2-10H2,1H3,(H2,20,26)(H2,21,22,23,24)/t12-,13-,14-,15+/m1/s1. The first-order valence-corrected chi connectivity index (χ1v) is 9.96. The summed E-state index contributed by atoms with van der Waals surface area (Å²) in [5.41, 5.74) is 5.78. The lowest BCUT2D eigenvalue weighted by Crippen LogP contribution is -2.30. The lowest BCUT2D eigenvalue weighted by molar-refractivity contribution is 0.0681. The van der Waals surface area contributed by atoms with Crippen molar-refractivity contribution in [1.29, 1.82) is 0 Å². The zero-order valence-electron chi connectivity index (χ0n) is 16.0. The number of hydrogen-bond donors (Lipinski definition) is 4. The van der Waals surface area contributed by atoms with Crippen molar-refractivity contribution in [1.82, 2.24) is 9.97 Å². The highest BCUT2D eigenvalue weighted by Gasteiger charge is 2.24. The summed E-state index contributed by atoms with van der Waals surface area (Å²) in [7, 11) is 1.76. The van der Waals surface area contributed by atoms with Gasteiger partial charge in [0.2, 0.25) is 5.95 Å². The third kappa shape index (κ3) is 5.52. The molecule has 150 valence electrons. The third-order valence-electron chi connectivity index (χ3n) is 5.63. The van der Waals surface area contributed by atoms with Gasteiger partial charge in [-0.05, 0) is 44.9 Å². The van der Waals surface area contributed by atoms with E-state index in [1.807, 2.05) is 0 Å². The van der Waals surface area contributed by atoms with Crippen molar-refractivity contribution in [3.8, 4) is 0 Å². The number of aliphatic hydroxyl groups is 1. The van der Waals surface area contributed by atoms with E-state index in [1.54, 1.807) is 7.11 Å². The Hall–Kier alpha value is -1.93. The number of rotatable bonds is 6. The van der Waals surface area contributed by atoms with Crippen LogP contribution in [0.1, 0.15) is 68.1 Å². The maximum absolute atomic E-state index is 11.8. The summed E-state index contributed by atoms with van der Waals surface area (Å²) in [5.74, 6) is 0.390. The van der Waals surface area contributed by atoms with Gasteiger partial charge in [-0.2, -0.15) is 4.98 Å². The van der Waals surface area contributed by atoms with Crippen LogP contribution in [0.4, 0.5) is 11.8 Å². The molecule has 2 aliphatic carbocycles. The first-order chi connectivity index (χ1) is 13.0. The molecule has 0 saturated heterocycles. The summed E-state index contributed by atoms with van der Waals surface area (Å²) in [4.78, 5) is 20.6. The van der Waals surface area contributed by atoms with Crippen molar-refractivity contribution in [2.75, 3.05) is 17.7 Å². The molecule has 2 fully saturated rings. The van der Waals surface area contributed by atoms with E-state index in [0.717, 1.165) is 51.4 Å². The second-order valence-corrected chi connectivity index (χ2v) is 7.69. The molecule has 2 atom stereocenters. The molecule has 1 heterocycles. The van der Waals surface area contributed by atoms with Crippen LogP contribution >= 0.6 is 0 Å². The van der Waals surface area contributed by atoms with Gasteiger partial charge in [0.05, 0.1) is 17.8 Å². The quantitative estimate of drug-likeness (QED) is 0.560. The van der Waals surface area contributed by atoms with E-state index in [9.17, 15) is 9.90 Å². The van der Waals surface area contributed by atoms with E-state index in [1.165, 1.54) is 6.20 Å². The number of primary amides is 1. The van der Waals surface area contributed by atoms with Crippen molar-refractivity contribution in [3.63, 3.8) is 0 Å². The number of nitrogens with one attached hydrogen (secondary N) is 2. The lowest BCUT2D eigenvalue weighted by atomic mass is 9.93. The van der Waals surface area contributed by atoms with Crippen LogP contribution in [-0.2, 0) is 4.74 Å². The average molecular weight is 377 g/mol. The summed E-state index contributed by atoms with van der Waals surface area (Å²) in [5, 5.41) is 16.7. The number of carbonyl (C=O) groups is 1. The molecule has 8 nitrogen and oxygen atoms in total. The fourth-order valence-electron chi connectivity index (χ4n) is 4.03. The van der Waals surface area contributed by atoms with Gasteiger partial charge in [-0.15, -0.1) is 0 Å². The van der Waals surface area contributed by atoms with Crippen LogP contribution in [0.25, 0.3) is 0 Å². The van der Waals surface area contributed by atoms with E-state index in [0.29, 0.717) is 30.3 Å². The number of ether oxygens (including phenoxy) is 1. The number of methoxy groups -OCH3 is 1. The number of amides is 1. The van der Waals surface area contributed by atoms with Crippen LogP contribution in [0.2, 0.25) is 0 Å². The van der Waals surface area contributed by atoms with E-state index < -0.39 is 5.91 Å². The van der Waals surface area contributed by atoms with Gasteiger partial charge in [0.15, 0.2) is 0 Å². The fourth-order valence-corrected chi connectivity index (χ4v) is 4.03. The SMILES string of the molecule is CO[C@H]1CC[C@@H](Nc2ncc(C(N)=O)c(N[C@@H]3CCCC[C@@H](O)C3)n2)CC1. The van der Waals surface area contributed by atoms with Gasteiger partial charge in [-0.25, -0.2) is 4.98 Å². The zero-order valence-corrected chi connectivity index (χ0v) is 16.0. The van der Waals surface area contributed by atoms with Gasteiger partial charge in [-0.1, -0.05) is 12.8 Å². The van der Waals surface area contributed by atoms with Gasteiger partial charge < -0.3 is 26.2 Å². The molecule has 0 bridgehead atoms. The van der Waals surface area contributed by atoms with Crippen molar-refractivity contribution in [2.45, 2.75) is 82.1 Å². The second kappa shape index (κ2) is 9.32. The highest BCUT2D eigenvalue weighted by Crippen LogP contribution is 2.25. The Morgan fingerprint density at radius 1 is 1.15 bits per heavy atom. The van der Waals surface area contributed by atoms with E-state index in [4.69, 9.17) is 10.5 Å². The minimum atomic E-state index is -0.557. The van der Waals surface area contributed by atoms with Crippen LogP contribution in [0.3, 0.4) is 0 Å². The highest BCUT2D eigenvalue weighted by atomic mass is 16.5. The number of nitrogens with two attached hydrogens (primary N) is 1. The number of hydrogen-bond acceptors (Lipinski definition) is 7. The minimum absolute atomic E-state index is 0.0699. The van der Waals surface area contributed by atoms with Crippen LogP contribution in [-0.4, -0.2) is 52.4 Å². The van der Waals surface area contributed by atoms with Crippen molar-refractivity contribution < 1.29 is 14.6 Å². The Kier molecular flexibility index (Phi) is 6.84. The maximum atomic E-state index is 11.8. The fraction of sp³-hybridized carbons (Fsp3) is 0.737.